The number of carbonyl (C=O) groups is 1. The second kappa shape index (κ2) is 9.99. The summed E-state index contributed by atoms with van der Waals surface area (Å²) in [5.41, 5.74) is 2.57. The van der Waals surface area contributed by atoms with Crippen LogP contribution in [0.15, 0.2) is 40.4 Å². The molecule has 9 heteroatoms. The number of thioether (sulfide) groups is 1. The van der Waals surface area contributed by atoms with Crippen molar-refractivity contribution < 1.29 is 13.2 Å². The Hall–Kier alpha value is -1.97. The van der Waals surface area contributed by atoms with E-state index in [2.05, 4.69) is 15.3 Å². The Morgan fingerprint density at radius 3 is 2.18 bits per heavy atom. The van der Waals surface area contributed by atoms with Crippen LogP contribution in [0.25, 0.3) is 0 Å². The Morgan fingerprint density at radius 1 is 1.07 bits per heavy atom. The molecule has 28 heavy (non-hydrogen) atoms. The van der Waals surface area contributed by atoms with Gasteiger partial charge in [-0.3, -0.25) is 4.79 Å². The predicted octanol–water partition coefficient (Wildman–Crippen LogP) is 2.53. The third kappa shape index (κ3) is 6.02. The Kier molecular flexibility index (Phi) is 7.97. The average molecular weight is 423 g/mol. The van der Waals surface area contributed by atoms with Gasteiger partial charge in [0.25, 0.3) is 0 Å². The van der Waals surface area contributed by atoms with Crippen molar-refractivity contribution in [3.8, 4) is 0 Å². The number of hydrogen-bond donors (Lipinski definition) is 1. The number of amides is 1. The van der Waals surface area contributed by atoms with Gasteiger partial charge in [-0.2, -0.15) is 4.31 Å². The smallest absolute Gasteiger partial charge is 0.243 e. The molecule has 0 aliphatic carbocycles. The first-order chi connectivity index (χ1) is 13.3. The van der Waals surface area contributed by atoms with E-state index in [1.165, 1.54) is 16.1 Å². The summed E-state index contributed by atoms with van der Waals surface area (Å²) in [5, 5.41) is 3.41. The Bertz CT molecular complexity index is 891. The number of rotatable bonds is 9. The molecule has 0 radical (unpaired) electrons. The van der Waals surface area contributed by atoms with Crippen molar-refractivity contribution in [3.63, 3.8) is 0 Å². The Balaban J connectivity index is 1.89. The number of aromatic nitrogens is 2. The number of aryl methyl sites for hydroxylation is 2. The maximum Gasteiger partial charge on any atom is 0.243 e. The van der Waals surface area contributed by atoms with Gasteiger partial charge in [-0.1, -0.05) is 37.7 Å². The first-order valence-electron chi connectivity index (χ1n) is 9.07. The van der Waals surface area contributed by atoms with Gasteiger partial charge in [-0.25, -0.2) is 18.4 Å². The molecule has 0 unspecified atom stereocenters. The fourth-order valence-electron chi connectivity index (χ4n) is 2.63. The van der Waals surface area contributed by atoms with Crippen LogP contribution >= 0.6 is 11.8 Å². The summed E-state index contributed by atoms with van der Waals surface area (Å²) in [6.45, 7) is 8.60. The third-order valence-corrected chi connectivity index (χ3v) is 6.96. The van der Waals surface area contributed by atoms with Crippen LogP contribution in [0.1, 0.15) is 30.8 Å². The molecule has 0 spiro atoms. The highest BCUT2D eigenvalue weighted by molar-refractivity contribution is 7.99. The fourth-order valence-corrected chi connectivity index (χ4v) is 4.87. The van der Waals surface area contributed by atoms with Crippen LogP contribution < -0.4 is 5.32 Å². The lowest BCUT2D eigenvalue weighted by molar-refractivity contribution is -0.118. The van der Waals surface area contributed by atoms with E-state index in [0.29, 0.717) is 24.8 Å². The van der Waals surface area contributed by atoms with Gasteiger partial charge in [-0.05, 0) is 37.6 Å². The van der Waals surface area contributed by atoms with Crippen LogP contribution in [0.5, 0.6) is 0 Å². The minimum Gasteiger partial charge on any atom is -0.351 e. The molecule has 0 aliphatic heterocycles. The standard InChI is InChI=1S/C19H26N4O3S2/c1-5-23(6-2)28(25,26)17-9-7-16(8-10-17)12-20-18(24)13-27-19-21-14(3)11-15(4)22-19/h7-11H,5-6,12-13H2,1-4H3,(H,20,24). The molecular weight excluding hydrogens is 396 g/mol. The van der Waals surface area contributed by atoms with E-state index in [9.17, 15) is 13.2 Å². The SMILES string of the molecule is CCN(CC)S(=O)(=O)c1ccc(CNC(=O)CSc2nc(C)cc(C)n2)cc1. The van der Waals surface area contributed by atoms with Crippen molar-refractivity contribution in [3.05, 3.63) is 47.3 Å². The molecule has 0 fully saturated rings. The van der Waals surface area contributed by atoms with E-state index >= 15 is 0 Å². The zero-order valence-corrected chi connectivity index (χ0v) is 18.2. The van der Waals surface area contributed by atoms with E-state index in [4.69, 9.17) is 0 Å². The van der Waals surface area contributed by atoms with Crippen LogP contribution in [-0.4, -0.2) is 47.4 Å². The van der Waals surface area contributed by atoms with Crippen LogP contribution in [0.2, 0.25) is 0 Å². The number of hydrogen-bond acceptors (Lipinski definition) is 6. The molecule has 1 heterocycles. The molecule has 0 saturated carbocycles. The van der Waals surface area contributed by atoms with E-state index in [0.717, 1.165) is 17.0 Å². The summed E-state index contributed by atoms with van der Waals surface area (Å²) < 4.78 is 26.4. The number of nitrogens with zero attached hydrogens (tertiary/aromatic N) is 3. The summed E-state index contributed by atoms with van der Waals surface area (Å²) in [5.74, 6) is 0.0877. The molecule has 2 rings (SSSR count). The second-order valence-electron chi connectivity index (χ2n) is 6.23. The highest BCUT2D eigenvalue weighted by Gasteiger charge is 2.21. The average Bonchev–Trinajstić information content (AvgIpc) is 2.65. The van der Waals surface area contributed by atoms with Crippen molar-refractivity contribution in [2.75, 3.05) is 18.8 Å². The highest BCUT2D eigenvalue weighted by atomic mass is 32.2. The molecule has 1 amide bonds. The summed E-state index contributed by atoms with van der Waals surface area (Å²) in [6.07, 6.45) is 0. The number of sulfonamides is 1. The number of benzene rings is 1. The van der Waals surface area contributed by atoms with E-state index in [1.807, 2.05) is 33.8 Å². The topological polar surface area (TPSA) is 92.3 Å². The second-order valence-corrected chi connectivity index (χ2v) is 9.11. The lowest BCUT2D eigenvalue weighted by Crippen LogP contribution is -2.30. The van der Waals surface area contributed by atoms with Gasteiger partial charge in [0.1, 0.15) is 0 Å². The molecule has 0 aliphatic rings. The van der Waals surface area contributed by atoms with Gasteiger partial charge in [0.15, 0.2) is 5.16 Å². The maximum absolute atomic E-state index is 12.5. The van der Waals surface area contributed by atoms with Gasteiger partial charge in [-0.15, -0.1) is 0 Å². The zero-order valence-electron chi connectivity index (χ0n) is 16.6. The summed E-state index contributed by atoms with van der Waals surface area (Å²) in [4.78, 5) is 20.9. The number of nitrogens with one attached hydrogen (secondary N) is 1. The normalized spacial score (nSPS) is 11.6. The number of carbonyl (C=O) groups excluding carboxylic acids is 1. The van der Waals surface area contributed by atoms with Crippen molar-refractivity contribution in [2.45, 2.75) is 44.3 Å². The molecule has 1 aromatic heterocycles. The maximum atomic E-state index is 12.5. The molecule has 0 atom stereocenters. The Labute approximate surface area is 171 Å². The van der Waals surface area contributed by atoms with Crippen molar-refractivity contribution >= 4 is 27.7 Å². The molecule has 152 valence electrons. The highest BCUT2D eigenvalue weighted by Crippen LogP contribution is 2.17. The van der Waals surface area contributed by atoms with Crippen LogP contribution in [0.3, 0.4) is 0 Å². The van der Waals surface area contributed by atoms with Gasteiger partial charge in [0.2, 0.25) is 15.9 Å². The fraction of sp³-hybridized carbons (Fsp3) is 0.421. The molecule has 1 N–H and O–H groups in total. The molecule has 7 nitrogen and oxygen atoms in total. The molecule has 2 aromatic rings. The van der Waals surface area contributed by atoms with Crippen molar-refractivity contribution in [1.82, 2.24) is 19.6 Å². The lowest BCUT2D eigenvalue weighted by Gasteiger charge is -2.18. The molecule has 0 saturated heterocycles. The van der Waals surface area contributed by atoms with E-state index < -0.39 is 10.0 Å². The summed E-state index contributed by atoms with van der Waals surface area (Å²) in [7, 11) is -3.47. The van der Waals surface area contributed by atoms with E-state index in [-0.39, 0.29) is 16.6 Å². The van der Waals surface area contributed by atoms with Crippen molar-refractivity contribution in [2.24, 2.45) is 0 Å². The monoisotopic (exact) mass is 422 g/mol. The van der Waals surface area contributed by atoms with Gasteiger partial charge < -0.3 is 5.32 Å². The quantitative estimate of drug-likeness (QED) is 0.493. The van der Waals surface area contributed by atoms with Crippen molar-refractivity contribution in [1.29, 1.82) is 0 Å². The zero-order chi connectivity index (χ0) is 20.7. The molecule has 1 aromatic carbocycles. The van der Waals surface area contributed by atoms with Crippen LogP contribution in [-0.2, 0) is 21.4 Å². The predicted molar refractivity (Wildman–Crippen MR) is 111 cm³/mol. The Morgan fingerprint density at radius 2 is 1.64 bits per heavy atom. The summed E-state index contributed by atoms with van der Waals surface area (Å²) in [6, 6.07) is 8.47. The summed E-state index contributed by atoms with van der Waals surface area (Å²) >= 11 is 1.29. The third-order valence-electron chi connectivity index (χ3n) is 4.05. The lowest BCUT2D eigenvalue weighted by atomic mass is 10.2. The van der Waals surface area contributed by atoms with Crippen LogP contribution in [0, 0.1) is 13.8 Å². The molecular formula is C19H26N4O3S2. The first-order valence-corrected chi connectivity index (χ1v) is 11.5. The first kappa shape index (κ1) is 22.3. The molecule has 0 bridgehead atoms. The van der Waals surface area contributed by atoms with Gasteiger partial charge in [0.05, 0.1) is 10.6 Å². The largest absolute Gasteiger partial charge is 0.351 e. The van der Waals surface area contributed by atoms with E-state index in [1.54, 1.807) is 24.3 Å². The minimum atomic E-state index is -3.47. The van der Waals surface area contributed by atoms with Gasteiger partial charge >= 0.3 is 0 Å². The van der Waals surface area contributed by atoms with Gasteiger partial charge in [0, 0.05) is 31.0 Å². The van der Waals surface area contributed by atoms with Crippen LogP contribution in [0.4, 0.5) is 0 Å². The minimum absolute atomic E-state index is 0.132.